The SMILES string of the molecule is FC(F)Oc1ccc(C=Cc2nc(CNc3ccc(CCCCc4cnn[nH]4)cc3)co2)cc1. The van der Waals surface area contributed by atoms with Crippen molar-refractivity contribution in [1.82, 2.24) is 20.4 Å². The average molecular weight is 466 g/mol. The van der Waals surface area contributed by atoms with Crippen molar-refractivity contribution < 1.29 is 17.9 Å². The van der Waals surface area contributed by atoms with Gasteiger partial charge in [-0.05, 0) is 67.2 Å². The van der Waals surface area contributed by atoms with E-state index in [2.05, 4.69) is 54.7 Å². The van der Waals surface area contributed by atoms with Crippen LogP contribution in [0.1, 0.15) is 41.2 Å². The fraction of sp³-hybridized carbons (Fsp3) is 0.240. The van der Waals surface area contributed by atoms with Gasteiger partial charge >= 0.3 is 6.61 Å². The van der Waals surface area contributed by atoms with Gasteiger partial charge in [-0.2, -0.15) is 8.78 Å². The molecule has 0 atom stereocenters. The summed E-state index contributed by atoms with van der Waals surface area (Å²) in [6, 6.07) is 14.7. The first-order valence-electron chi connectivity index (χ1n) is 11.0. The number of aromatic nitrogens is 4. The summed E-state index contributed by atoms with van der Waals surface area (Å²) in [7, 11) is 0. The lowest BCUT2D eigenvalue weighted by molar-refractivity contribution is -0.0498. The molecule has 0 radical (unpaired) electrons. The number of benzene rings is 2. The molecule has 0 aliphatic carbocycles. The van der Waals surface area contributed by atoms with E-state index >= 15 is 0 Å². The Morgan fingerprint density at radius 3 is 2.53 bits per heavy atom. The average Bonchev–Trinajstić information content (AvgIpc) is 3.53. The number of hydrogen-bond donors (Lipinski definition) is 2. The highest BCUT2D eigenvalue weighted by molar-refractivity contribution is 5.66. The Labute approximate surface area is 195 Å². The third kappa shape index (κ3) is 7.26. The van der Waals surface area contributed by atoms with Crippen molar-refractivity contribution in [2.45, 2.75) is 38.8 Å². The van der Waals surface area contributed by atoms with Gasteiger partial charge in [0, 0.05) is 11.8 Å². The van der Waals surface area contributed by atoms with Crippen LogP contribution in [0.3, 0.4) is 0 Å². The van der Waals surface area contributed by atoms with Crippen molar-refractivity contribution in [3.63, 3.8) is 0 Å². The van der Waals surface area contributed by atoms with E-state index in [0.29, 0.717) is 12.4 Å². The van der Waals surface area contributed by atoms with E-state index in [-0.39, 0.29) is 5.75 Å². The summed E-state index contributed by atoms with van der Waals surface area (Å²) in [4.78, 5) is 4.43. The van der Waals surface area contributed by atoms with E-state index in [1.165, 1.54) is 17.7 Å². The fourth-order valence-corrected chi connectivity index (χ4v) is 3.38. The number of halogens is 2. The monoisotopic (exact) mass is 465 g/mol. The van der Waals surface area contributed by atoms with Gasteiger partial charge in [0.1, 0.15) is 12.0 Å². The predicted molar refractivity (Wildman–Crippen MR) is 125 cm³/mol. The molecule has 0 aliphatic rings. The van der Waals surface area contributed by atoms with Gasteiger partial charge in [-0.25, -0.2) is 4.98 Å². The van der Waals surface area contributed by atoms with E-state index in [1.807, 2.05) is 0 Å². The first kappa shape index (κ1) is 23.2. The number of nitrogens with zero attached hydrogens (tertiary/aromatic N) is 3. The van der Waals surface area contributed by atoms with Gasteiger partial charge in [-0.1, -0.05) is 29.5 Å². The van der Waals surface area contributed by atoms with Crippen molar-refractivity contribution >= 4 is 17.8 Å². The minimum atomic E-state index is -2.83. The minimum Gasteiger partial charge on any atom is -0.445 e. The Morgan fingerprint density at radius 1 is 1.00 bits per heavy atom. The molecular weight excluding hydrogens is 440 g/mol. The zero-order valence-electron chi connectivity index (χ0n) is 18.5. The molecular formula is C25H25F2N5O2. The number of aryl methyl sites for hydroxylation is 2. The molecule has 0 saturated heterocycles. The van der Waals surface area contributed by atoms with Gasteiger partial charge in [0.15, 0.2) is 0 Å². The van der Waals surface area contributed by atoms with E-state index in [9.17, 15) is 8.78 Å². The molecule has 2 N–H and O–H groups in total. The van der Waals surface area contributed by atoms with Crippen LogP contribution in [0, 0.1) is 0 Å². The van der Waals surface area contributed by atoms with E-state index in [0.717, 1.165) is 48.3 Å². The molecule has 0 aliphatic heterocycles. The van der Waals surface area contributed by atoms with Gasteiger partial charge < -0.3 is 14.5 Å². The molecule has 2 aromatic carbocycles. The molecule has 2 aromatic heterocycles. The summed E-state index contributed by atoms with van der Waals surface area (Å²) in [6.45, 7) is -2.30. The number of alkyl halides is 2. The van der Waals surface area contributed by atoms with Crippen molar-refractivity contribution in [2.24, 2.45) is 0 Å². The summed E-state index contributed by atoms with van der Waals surface area (Å²) in [6.07, 6.45) is 11.1. The number of anilines is 1. The Morgan fingerprint density at radius 2 is 1.79 bits per heavy atom. The maximum Gasteiger partial charge on any atom is 0.387 e. The number of aromatic amines is 1. The number of hydrogen-bond acceptors (Lipinski definition) is 6. The fourth-order valence-electron chi connectivity index (χ4n) is 3.38. The van der Waals surface area contributed by atoms with Crippen LogP contribution in [0.5, 0.6) is 5.75 Å². The second-order valence-corrected chi connectivity index (χ2v) is 7.70. The predicted octanol–water partition coefficient (Wildman–Crippen LogP) is 5.74. The Kier molecular flexibility index (Phi) is 7.99. The van der Waals surface area contributed by atoms with Crippen molar-refractivity contribution in [3.8, 4) is 5.75 Å². The molecule has 0 fully saturated rings. The quantitative estimate of drug-likeness (QED) is 0.259. The summed E-state index contributed by atoms with van der Waals surface area (Å²) < 4.78 is 34.2. The zero-order chi connectivity index (χ0) is 23.6. The van der Waals surface area contributed by atoms with Crippen molar-refractivity contribution in [2.75, 3.05) is 5.32 Å². The van der Waals surface area contributed by atoms with Crippen molar-refractivity contribution in [3.05, 3.63) is 89.4 Å². The van der Waals surface area contributed by atoms with Crippen LogP contribution in [-0.4, -0.2) is 27.0 Å². The first-order valence-corrected chi connectivity index (χ1v) is 11.0. The number of nitrogens with one attached hydrogen (secondary N) is 2. The number of H-pyrrole nitrogens is 1. The number of oxazole rings is 1. The zero-order valence-corrected chi connectivity index (χ0v) is 18.5. The Balaban J connectivity index is 1.20. The third-order valence-corrected chi connectivity index (χ3v) is 5.15. The van der Waals surface area contributed by atoms with Gasteiger partial charge in [-0.3, -0.25) is 5.10 Å². The third-order valence-electron chi connectivity index (χ3n) is 5.15. The lowest BCUT2D eigenvalue weighted by Crippen LogP contribution is -2.01. The molecule has 4 rings (SSSR count). The summed E-state index contributed by atoms with van der Waals surface area (Å²) in [5, 5.41) is 13.7. The second-order valence-electron chi connectivity index (χ2n) is 7.70. The molecule has 0 spiro atoms. The van der Waals surface area contributed by atoms with Crippen LogP contribution in [0.4, 0.5) is 14.5 Å². The molecule has 34 heavy (non-hydrogen) atoms. The molecule has 7 nitrogen and oxygen atoms in total. The van der Waals surface area contributed by atoms with Crippen molar-refractivity contribution in [1.29, 1.82) is 0 Å². The molecule has 176 valence electrons. The minimum absolute atomic E-state index is 0.118. The molecule has 0 amide bonds. The Bertz CT molecular complexity index is 1160. The maximum atomic E-state index is 12.2. The van der Waals surface area contributed by atoms with Crippen LogP contribution in [0.2, 0.25) is 0 Å². The number of unbranched alkanes of at least 4 members (excludes halogenated alkanes) is 1. The lowest BCUT2D eigenvalue weighted by atomic mass is 10.1. The summed E-state index contributed by atoms with van der Waals surface area (Å²) in [5.41, 5.74) is 4.98. The van der Waals surface area contributed by atoms with Gasteiger partial charge in [0.25, 0.3) is 0 Å². The molecule has 0 saturated carbocycles. The van der Waals surface area contributed by atoms with Crippen LogP contribution >= 0.6 is 0 Å². The summed E-state index contributed by atoms with van der Waals surface area (Å²) in [5.74, 6) is 0.582. The van der Waals surface area contributed by atoms with Gasteiger partial charge in [-0.15, -0.1) is 5.10 Å². The van der Waals surface area contributed by atoms with Crippen LogP contribution in [0.25, 0.3) is 12.2 Å². The highest BCUT2D eigenvalue weighted by atomic mass is 19.3. The maximum absolute atomic E-state index is 12.2. The topological polar surface area (TPSA) is 88.9 Å². The number of ether oxygens (including phenoxy) is 1. The molecule has 9 heteroatoms. The van der Waals surface area contributed by atoms with E-state index in [4.69, 9.17) is 4.42 Å². The summed E-state index contributed by atoms with van der Waals surface area (Å²) >= 11 is 0. The molecule has 0 unspecified atom stereocenters. The molecule has 0 bridgehead atoms. The van der Waals surface area contributed by atoms with Crippen LogP contribution < -0.4 is 10.1 Å². The highest BCUT2D eigenvalue weighted by Crippen LogP contribution is 2.17. The molecule has 2 heterocycles. The smallest absolute Gasteiger partial charge is 0.387 e. The van der Waals surface area contributed by atoms with Gasteiger partial charge in [0.2, 0.25) is 5.89 Å². The number of rotatable bonds is 12. The van der Waals surface area contributed by atoms with Gasteiger partial charge in [0.05, 0.1) is 24.1 Å². The van der Waals surface area contributed by atoms with Crippen LogP contribution in [-0.2, 0) is 19.4 Å². The van der Waals surface area contributed by atoms with E-state index < -0.39 is 6.61 Å². The molecule has 4 aromatic rings. The standard InChI is InChI=1S/C25H25F2N5O2/c26-25(27)34-23-12-7-19(8-13-23)9-14-24-30-22(17-33-24)15-28-20-10-5-18(6-11-20)3-1-2-4-21-16-29-32-31-21/h5-14,16-17,25,28H,1-4,15H2,(H,29,31,32). The normalized spacial score (nSPS) is 11.4. The largest absolute Gasteiger partial charge is 0.445 e. The van der Waals surface area contributed by atoms with Crippen LogP contribution in [0.15, 0.2) is 65.4 Å². The first-order chi connectivity index (χ1) is 16.6. The van der Waals surface area contributed by atoms with E-state index in [1.54, 1.807) is 36.7 Å². The highest BCUT2D eigenvalue weighted by Gasteiger charge is 2.04. The lowest BCUT2D eigenvalue weighted by Gasteiger charge is -2.06. The second kappa shape index (κ2) is 11.7. The Hall–Kier alpha value is -4.01.